The van der Waals surface area contributed by atoms with Crippen LogP contribution < -0.4 is 15.4 Å². The second-order valence-electron chi connectivity index (χ2n) is 7.32. The summed E-state index contributed by atoms with van der Waals surface area (Å²) in [6.45, 7) is -0.605. The predicted molar refractivity (Wildman–Crippen MR) is 110 cm³/mol. The van der Waals surface area contributed by atoms with Gasteiger partial charge in [0, 0.05) is 29.7 Å². The number of nitrogens with one attached hydrogen (secondary N) is 2. The molecule has 1 amide bonds. The molecule has 9 nitrogen and oxygen atoms in total. The Hall–Kier alpha value is -2.96. The van der Waals surface area contributed by atoms with E-state index < -0.39 is 13.0 Å². The van der Waals surface area contributed by atoms with Gasteiger partial charge in [0.05, 0.1) is 23.2 Å². The summed E-state index contributed by atoms with van der Waals surface area (Å²) in [6.07, 6.45) is -2.18. The van der Waals surface area contributed by atoms with Crippen molar-refractivity contribution in [2.45, 2.75) is 31.3 Å². The summed E-state index contributed by atoms with van der Waals surface area (Å²) < 4.78 is 49.7. The molecular formula is C20H19ClF3N5O4. The molecule has 1 aliphatic heterocycles. The molecule has 4 rings (SSSR count). The number of pyridine rings is 1. The molecule has 3 aromatic rings. The number of nitrogens with zero attached hydrogens (tertiary/aromatic N) is 3. The minimum absolute atomic E-state index is 0.110. The third kappa shape index (κ3) is 6.30. The average Bonchev–Trinajstić information content (AvgIpc) is 3.25. The van der Waals surface area contributed by atoms with Crippen molar-refractivity contribution in [3.8, 4) is 6.08 Å². The summed E-state index contributed by atoms with van der Waals surface area (Å²) in [5, 5.41) is 15.1. The van der Waals surface area contributed by atoms with Crippen LogP contribution in [0, 0.1) is 0 Å². The molecule has 0 spiro atoms. The van der Waals surface area contributed by atoms with Crippen molar-refractivity contribution in [3.63, 3.8) is 0 Å². The Labute approximate surface area is 190 Å². The smallest absolute Gasteiger partial charge is 0.447 e. The number of benzene rings is 1. The molecule has 0 aliphatic carbocycles. The number of hydrogen-bond acceptors (Lipinski definition) is 8. The van der Waals surface area contributed by atoms with Gasteiger partial charge < -0.3 is 19.8 Å². The SMILES string of the molecule is O=C(N[C@H]1CC[C@H](c2nnc(OCCOC(F)(F)F)o2)NC1)c1ccc2cc(Cl)cnc2c1. The number of hydrogen-bond donors (Lipinski definition) is 2. The highest BCUT2D eigenvalue weighted by atomic mass is 35.5. The zero-order valence-corrected chi connectivity index (χ0v) is 17.8. The molecule has 2 aromatic heterocycles. The number of amides is 1. The molecular weight excluding hydrogens is 467 g/mol. The minimum atomic E-state index is -4.72. The molecule has 1 saturated heterocycles. The maximum atomic E-state index is 12.6. The van der Waals surface area contributed by atoms with E-state index in [0.29, 0.717) is 35.5 Å². The van der Waals surface area contributed by atoms with Crippen LogP contribution in [0.5, 0.6) is 6.08 Å². The van der Waals surface area contributed by atoms with Gasteiger partial charge in [0.25, 0.3) is 5.91 Å². The number of aromatic nitrogens is 3. The largest absolute Gasteiger partial charge is 0.522 e. The average molecular weight is 486 g/mol. The normalized spacial score (nSPS) is 18.9. The standard InChI is InChI=1S/C20H19ClF3N5O4/c21-13-7-11-1-2-12(8-16(11)25-9-13)17(30)27-14-3-4-15(26-10-14)18-28-29-19(33-18)31-5-6-32-20(22,23)24/h1-2,7-9,14-15,26H,3-6,10H2,(H,27,30)/t14-,15+/m0/s1. The Bertz CT molecular complexity index is 1120. The number of piperidine rings is 1. The first-order valence-corrected chi connectivity index (χ1v) is 10.4. The van der Waals surface area contributed by atoms with E-state index in [2.05, 4.69) is 30.6 Å². The first-order valence-electron chi connectivity index (χ1n) is 10.0. The van der Waals surface area contributed by atoms with E-state index in [1.54, 1.807) is 24.3 Å². The fourth-order valence-corrected chi connectivity index (χ4v) is 3.57. The lowest BCUT2D eigenvalue weighted by atomic mass is 10.00. The van der Waals surface area contributed by atoms with Crippen molar-refractivity contribution in [1.29, 1.82) is 0 Å². The minimum Gasteiger partial charge on any atom is -0.447 e. The van der Waals surface area contributed by atoms with Gasteiger partial charge in [0.2, 0.25) is 5.89 Å². The highest BCUT2D eigenvalue weighted by molar-refractivity contribution is 6.31. The molecule has 13 heteroatoms. The lowest BCUT2D eigenvalue weighted by Gasteiger charge is -2.28. The summed E-state index contributed by atoms with van der Waals surface area (Å²) in [6, 6.07) is 6.63. The van der Waals surface area contributed by atoms with Crippen LogP contribution in [0.4, 0.5) is 13.2 Å². The highest BCUT2D eigenvalue weighted by Gasteiger charge is 2.29. The first-order chi connectivity index (χ1) is 15.8. The van der Waals surface area contributed by atoms with E-state index in [1.165, 1.54) is 6.20 Å². The lowest BCUT2D eigenvalue weighted by molar-refractivity contribution is -0.325. The van der Waals surface area contributed by atoms with Crippen LogP contribution in [0.25, 0.3) is 10.9 Å². The Morgan fingerprint density at radius 2 is 2.09 bits per heavy atom. The molecule has 3 heterocycles. The van der Waals surface area contributed by atoms with Crippen LogP contribution in [0.2, 0.25) is 5.02 Å². The number of rotatable bonds is 7. The van der Waals surface area contributed by atoms with E-state index in [-0.39, 0.29) is 36.6 Å². The lowest BCUT2D eigenvalue weighted by Crippen LogP contribution is -2.46. The zero-order chi connectivity index (χ0) is 23.4. The first kappa shape index (κ1) is 23.2. The van der Waals surface area contributed by atoms with Crippen LogP contribution in [-0.4, -0.2) is 53.3 Å². The molecule has 2 atom stereocenters. The quantitative estimate of drug-likeness (QED) is 0.490. The van der Waals surface area contributed by atoms with Crippen LogP contribution in [-0.2, 0) is 4.74 Å². The number of halogens is 4. The van der Waals surface area contributed by atoms with E-state index in [4.69, 9.17) is 20.8 Å². The number of carbonyl (C=O) groups is 1. The summed E-state index contributed by atoms with van der Waals surface area (Å²) in [5.74, 6) is 0.0410. The van der Waals surface area contributed by atoms with Gasteiger partial charge in [-0.05, 0) is 31.0 Å². The van der Waals surface area contributed by atoms with Crippen molar-refractivity contribution in [2.24, 2.45) is 0 Å². The van der Waals surface area contributed by atoms with Gasteiger partial charge in [-0.15, -0.1) is 18.3 Å². The molecule has 0 bridgehead atoms. The van der Waals surface area contributed by atoms with Crippen molar-refractivity contribution in [1.82, 2.24) is 25.8 Å². The molecule has 1 aromatic carbocycles. The van der Waals surface area contributed by atoms with Crippen LogP contribution in [0.3, 0.4) is 0 Å². The number of fused-ring (bicyclic) bond motifs is 1. The monoisotopic (exact) mass is 485 g/mol. The van der Waals surface area contributed by atoms with E-state index in [9.17, 15) is 18.0 Å². The Kier molecular flexibility index (Phi) is 6.96. The molecule has 2 N–H and O–H groups in total. The molecule has 33 heavy (non-hydrogen) atoms. The van der Waals surface area contributed by atoms with Gasteiger partial charge in [-0.2, -0.15) is 0 Å². The van der Waals surface area contributed by atoms with E-state index in [1.807, 2.05) is 0 Å². The van der Waals surface area contributed by atoms with Gasteiger partial charge in [-0.1, -0.05) is 22.8 Å². The summed E-state index contributed by atoms with van der Waals surface area (Å²) >= 11 is 5.94. The van der Waals surface area contributed by atoms with Crippen molar-refractivity contribution >= 4 is 28.4 Å². The second-order valence-corrected chi connectivity index (χ2v) is 7.75. The summed E-state index contributed by atoms with van der Waals surface area (Å²) in [7, 11) is 0. The fraction of sp³-hybridized carbons (Fsp3) is 0.400. The Morgan fingerprint density at radius 1 is 1.24 bits per heavy atom. The van der Waals surface area contributed by atoms with Crippen LogP contribution in [0.1, 0.15) is 35.1 Å². The highest BCUT2D eigenvalue weighted by Crippen LogP contribution is 2.25. The molecule has 176 valence electrons. The number of carbonyl (C=O) groups excluding carboxylic acids is 1. The number of ether oxygens (including phenoxy) is 2. The summed E-state index contributed by atoms with van der Waals surface area (Å²) in [4.78, 5) is 16.9. The van der Waals surface area contributed by atoms with Gasteiger partial charge in [0.15, 0.2) is 0 Å². The maximum Gasteiger partial charge on any atom is 0.522 e. The van der Waals surface area contributed by atoms with E-state index in [0.717, 1.165) is 5.39 Å². The third-order valence-corrected chi connectivity index (χ3v) is 5.16. The second kappa shape index (κ2) is 9.89. The number of alkyl halides is 3. The topological polar surface area (TPSA) is 111 Å². The molecule has 0 radical (unpaired) electrons. The third-order valence-electron chi connectivity index (χ3n) is 4.96. The fourth-order valence-electron chi connectivity index (χ4n) is 3.40. The van der Waals surface area contributed by atoms with Gasteiger partial charge in [0.1, 0.15) is 6.61 Å². The van der Waals surface area contributed by atoms with Crippen molar-refractivity contribution in [3.05, 3.63) is 46.9 Å². The van der Waals surface area contributed by atoms with E-state index >= 15 is 0 Å². The molecule has 1 fully saturated rings. The zero-order valence-electron chi connectivity index (χ0n) is 17.1. The van der Waals surface area contributed by atoms with Crippen molar-refractivity contribution in [2.75, 3.05) is 19.8 Å². The predicted octanol–water partition coefficient (Wildman–Crippen LogP) is 3.41. The maximum absolute atomic E-state index is 12.6. The van der Waals surface area contributed by atoms with Gasteiger partial charge in [-0.25, -0.2) is 0 Å². The molecule has 0 saturated carbocycles. The van der Waals surface area contributed by atoms with Crippen molar-refractivity contribution < 1.29 is 31.9 Å². The Morgan fingerprint density at radius 3 is 2.85 bits per heavy atom. The Balaban J connectivity index is 1.25. The molecule has 0 unspecified atom stereocenters. The summed E-state index contributed by atoms with van der Waals surface area (Å²) in [5.41, 5.74) is 1.17. The van der Waals surface area contributed by atoms with Gasteiger partial charge >= 0.3 is 12.4 Å². The van der Waals surface area contributed by atoms with Crippen LogP contribution >= 0.6 is 11.6 Å². The van der Waals surface area contributed by atoms with Gasteiger partial charge in [-0.3, -0.25) is 14.5 Å². The van der Waals surface area contributed by atoms with Crippen LogP contribution in [0.15, 0.2) is 34.9 Å². The molecule has 1 aliphatic rings.